The SMILES string of the molecule is CON=C(C)c1ccc(-c2cccc(Nc3cc(OC(C)C)ncn3)n2)s1. The van der Waals surface area contributed by atoms with Crippen LogP contribution in [-0.2, 0) is 4.84 Å². The Morgan fingerprint density at radius 3 is 2.78 bits per heavy atom. The van der Waals surface area contributed by atoms with Crippen molar-refractivity contribution in [2.75, 3.05) is 12.4 Å². The van der Waals surface area contributed by atoms with Crippen LogP contribution in [-0.4, -0.2) is 33.9 Å². The number of hydrogen-bond donors (Lipinski definition) is 1. The van der Waals surface area contributed by atoms with Gasteiger partial charge in [0.15, 0.2) is 0 Å². The van der Waals surface area contributed by atoms with Crippen molar-refractivity contribution in [2.45, 2.75) is 26.9 Å². The zero-order valence-corrected chi connectivity index (χ0v) is 16.4. The summed E-state index contributed by atoms with van der Waals surface area (Å²) in [6.07, 6.45) is 1.51. The Bertz CT molecular complexity index is 939. The van der Waals surface area contributed by atoms with Crippen LogP contribution in [0.4, 0.5) is 11.6 Å². The lowest BCUT2D eigenvalue weighted by Crippen LogP contribution is -2.07. The molecule has 0 atom stereocenters. The van der Waals surface area contributed by atoms with Crippen molar-refractivity contribution in [2.24, 2.45) is 5.16 Å². The van der Waals surface area contributed by atoms with Gasteiger partial charge < -0.3 is 14.9 Å². The van der Waals surface area contributed by atoms with E-state index in [1.807, 2.05) is 51.1 Å². The molecule has 0 amide bonds. The number of thiophene rings is 1. The molecule has 0 saturated carbocycles. The number of ether oxygens (including phenoxy) is 1. The van der Waals surface area contributed by atoms with Crippen molar-refractivity contribution in [3.8, 4) is 16.5 Å². The summed E-state index contributed by atoms with van der Waals surface area (Å²) >= 11 is 1.61. The Balaban J connectivity index is 1.79. The van der Waals surface area contributed by atoms with E-state index in [-0.39, 0.29) is 6.10 Å². The van der Waals surface area contributed by atoms with Crippen LogP contribution in [0.15, 0.2) is 47.9 Å². The first-order chi connectivity index (χ1) is 13.0. The summed E-state index contributed by atoms with van der Waals surface area (Å²) in [6, 6.07) is 11.6. The molecular formula is C19H21N5O2S. The van der Waals surface area contributed by atoms with Crippen LogP contribution in [0.2, 0.25) is 0 Å². The summed E-state index contributed by atoms with van der Waals surface area (Å²) < 4.78 is 5.60. The molecule has 0 spiro atoms. The average Bonchev–Trinajstić information content (AvgIpc) is 3.12. The lowest BCUT2D eigenvalue weighted by Gasteiger charge is -2.10. The molecule has 8 heteroatoms. The molecule has 0 aliphatic heterocycles. The Hall–Kier alpha value is -3.00. The van der Waals surface area contributed by atoms with Gasteiger partial charge in [-0.1, -0.05) is 11.2 Å². The van der Waals surface area contributed by atoms with E-state index >= 15 is 0 Å². The van der Waals surface area contributed by atoms with E-state index in [9.17, 15) is 0 Å². The van der Waals surface area contributed by atoms with Gasteiger partial charge in [-0.3, -0.25) is 0 Å². The Kier molecular flexibility index (Phi) is 5.97. The molecule has 0 radical (unpaired) electrons. The van der Waals surface area contributed by atoms with E-state index in [4.69, 9.17) is 9.57 Å². The third-order valence-corrected chi connectivity index (χ3v) is 4.66. The topological polar surface area (TPSA) is 81.5 Å². The maximum Gasteiger partial charge on any atom is 0.218 e. The summed E-state index contributed by atoms with van der Waals surface area (Å²) in [4.78, 5) is 19.9. The van der Waals surface area contributed by atoms with Gasteiger partial charge >= 0.3 is 0 Å². The van der Waals surface area contributed by atoms with Gasteiger partial charge in [-0.2, -0.15) is 0 Å². The fourth-order valence-electron chi connectivity index (χ4n) is 2.34. The predicted octanol–water partition coefficient (Wildman–Crippen LogP) is 4.50. The monoisotopic (exact) mass is 383 g/mol. The molecule has 0 unspecified atom stereocenters. The summed E-state index contributed by atoms with van der Waals surface area (Å²) in [6.45, 7) is 5.82. The van der Waals surface area contributed by atoms with Crippen LogP contribution in [0.5, 0.6) is 5.88 Å². The van der Waals surface area contributed by atoms with Crippen molar-refractivity contribution in [3.63, 3.8) is 0 Å². The minimum Gasteiger partial charge on any atom is -0.475 e. The van der Waals surface area contributed by atoms with E-state index < -0.39 is 0 Å². The van der Waals surface area contributed by atoms with E-state index in [1.54, 1.807) is 24.5 Å². The fourth-order valence-corrected chi connectivity index (χ4v) is 3.25. The van der Waals surface area contributed by atoms with Gasteiger partial charge in [0.25, 0.3) is 0 Å². The molecule has 3 aromatic heterocycles. The van der Waals surface area contributed by atoms with Gasteiger partial charge in [-0.05, 0) is 45.0 Å². The molecule has 0 bridgehead atoms. The first-order valence-corrected chi connectivity index (χ1v) is 9.28. The largest absolute Gasteiger partial charge is 0.475 e. The molecule has 1 N–H and O–H groups in total. The van der Waals surface area contributed by atoms with Crippen molar-refractivity contribution in [3.05, 3.63) is 47.6 Å². The summed E-state index contributed by atoms with van der Waals surface area (Å²) in [5.74, 6) is 1.84. The molecule has 27 heavy (non-hydrogen) atoms. The second-order valence-corrected chi connectivity index (χ2v) is 7.05. The van der Waals surface area contributed by atoms with Gasteiger partial charge in [0.2, 0.25) is 5.88 Å². The standard InChI is InChI=1S/C19H21N5O2S/c1-12(2)26-19-10-18(20-11-21-19)23-17-7-5-6-14(22-17)16-9-8-15(27-16)13(3)24-25-4/h5-12H,1-4H3,(H,20,21,22,23). The van der Waals surface area contributed by atoms with Crippen LogP contribution in [0, 0.1) is 0 Å². The van der Waals surface area contributed by atoms with Crippen molar-refractivity contribution >= 4 is 28.7 Å². The molecule has 3 heterocycles. The highest BCUT2D eigenvalue weighted by molar-refractivity contribution is 7.17. The smallest absolute Gasteiger partial charge is 0.218 e. The number of hydrogen-bond acceptors (Lipinski definition) is 8. The molecule has 0 aliphatic rings. The normalized spacial score (nSPS) is 11.5. The third kappa shape index (κ3) is 5.01. The highest BCUT2D eigenvalue weighted by atomic mass is 32.1. The number of nitrogens with zero attached hydrogens (tertiary/aromatic N) is 4. The zero-order valence-electron chi connectivity index (χ0n) is 15.6. The van der Waals surface area contributed by atoms with Gasteiger partial charge in [0, 0.05) is 6.07 Å². The first kappa shape index (κ1) is 18.8. The highest BCUT2D eigenvalue weighted by Gasteiger charge is 2.09. The van der Waals surface area contributed by atoms with Gasteiger partial charge in [-0.25, -0.2) is 15.0 Å². The maximum absolute atomic E-state index is 5.60. The minimum absolute atomic E-state index is 0.0485. The summed E-state index contributed by atoms with van der Waals surface area (Å²) in [5, 5.41) is 7.17. The van der Waals surface area contributed by atoms with Gasteiger partial charge in [0.1, 0.15) is 25.1 Å². The Morgan fingerprint density at radius 1 is 1.15 bits per heavy atom. The Labute approximate surface area is 162 Å². The van der Waals surface area contributed by atoms with Crippen LogP contribution in [0.25, 0.3) is 10.6 Å². The van der Waals surface area contributed by atoms with E-state index in [0.717, 1.165) is 21.2 Å². The quantitative estimate of drug-likeness (QED) is 0.478. The average molecular weight is 383 g/mol. The van der Waals surface area contributed by atoms with Crippen LogP contribution in [0.1, 0.15) is 25.6 Å². The molecule has 0 aromatic carbocycles. The number of oxime groups is 1. The molecule has 0 saturated heterocycles. The molecule has 0 aliphatic carbocycles. The van der Waals surface area contributed by atoms with E-state index in [2.05, 4.69) is 25.4 Å². The third-order valence-electron chi connectivity index (χ3n) is 3.45. The number of rotatable bonds is 7. The molecule has 140 valence electrons. The molecule has 0 fully saturated rings. The lowest BCUT2D eigenvalue weighted by atomic mass is 10.3. The summed E-state index contributed by atoms with van der Waals surface area (Å²) in [5.41, 5.74) is 1.70. The minimum atomic E-state index is 0.0485. The van der Waals surface area contributed by atoms with Crippen molar-refractivity contribution < 1.29 is 9.57 Å². The second-order valence-electron chi connectivity index (χ2n) is 5.96. The lowest BCUT2D eigenvalue weighted by molar-refractivity contribution is 0.213. The predicted molar refractivity (Wildman–Crippen MR) is 108 cm³/mol. The van der Waals surface area contributed by atoms with Gasteiger partial charge in [-0.15, -0.1) is 11.3 Å². The molecular weight excluding hydrogens is 362 g/mol. The van der Waals surface area contributed by atoms with E-state index in [0.29, 0.717) is 17.5 Å². The first-order valence-electron chi connectivity index (χ1n) is 8.46. The molecule has 7 nitrogen and oxygen atoms in total. The van der Waals surface area contributed by atoms with Crippen LogP contribution in [0.3, 0.4) is 0 Å². The second kappa shape index (κ2) is 8.59. The highest BCUT2D eigenvalue weighted by Crippen LogP contribution is 2.28. The van der Waals surface area contributed by atoms with Crippen molar-refractivity contribution in [1.29, 1.82) is 0 Å². The number of aromatic nitrogens is 3. The maximum atomic E-state index is 5.60. The van der Waals surface area contributed by atoms with E-state index in [1.165, 1.54) is 6.33 Å². The molecule has 3 aromatic rings. The van der Waals surface area contributed by atoms with Crippen LogP contribution >= 0.6 is 11.3 Å². The van der Waals surface area contributed by atoms with Gasteiger partial charge in [0.05, 0.1) is 27.3 Å². The fraction of sp³-hybridized carbons (Fsp3) is 0.263. The molecule has 3 rings (SSSR count). The van der Waals surface area contributed by atoms with Crippen LogP contribution < -0.4 is 10.1 Å². The zero-order chi connectivity index (χ0) is 19.2. The summed E-state index contributed by atoms with van der Waals surface area (Å²) in [7, 11) is 1.54. The van der Waals surface area contributed by atoms with Crippen molar-refractivity contribution in [1.82, 2.24) is 15.0 Å². The number of pyridine rings is 1. The number of anilines is 2. The number of nitrogens with one attached hydrogen (secondary N) is 1. The Morgan fingerprint density at radius 2 is 2.00 bits per heavy atom.